The number of carbonyl (C=O) groups is 4. The van der Waals surface area contributed by atoms with Crippen LogP contribution in [0.5, 0.6) is 11.5 Å². The molecule has 1 aliphatic heterocycles. The van der Waals surface area contributed by atoms with Crippen LogP contribution in [0.25, 0.3) is 0 Å². The number of methoxy groups -OCH3 is 1. The first kappa shape index (κ1) is 24.7. The summed E-state index contributed by atoms with van der Waals surface area (Å²) in [7, 11) is 1.44. The third-order valence-electron chi connectivity index (χ3n) is 7.83. The van der Waals surface area contributed by atoms with Crippen molar-refractivity contribution in [2.75, 3.05) is 7.11 Å². The number of ether oxygens (including phenoxy) is 1. The molecule has 0 aromatic heterocycles. The van der Waals surface area contributed by atoms with Crippen molar-refractivity contribution in [2.45, 2.75) is 52.0 Å². The fourth-order valence-electron chi connectivity index (χ4n) is 6.37. The van der Waals surface area contributed by atoms with Crippen molar-refractivity contribution in [1.29, 1.82) is 0 Å². The summed E-state index contributed by atoms with van der Waals surface area (Å²) >= 11 is 3.46. The van der Waals surface area contributed by atoms with E-state index < -0.39 is 29.2 Å². The third-order valence-corrected chi connectivity index (χ3v) is 8.29. The Labute approximate surface area is 218 Å². The summed E-state index contributed by atoms with van der Waals surface area (Å²) in [6.07, 6.45) is 3.85. The summed E-state index contributed by atoms with van der Waals surface area (Å²) in [5.41, 5.74) is 1.57. The van der Waals surface area contributed by atoms with E-state index in [0.717, 1.165) is 5.57 Å². The summed E-state index contributed by atoms with van der Waals surface area (Å²) in [6, 6.07) is 3.34. The van der Waals surface area contributed by atoms with Crippen LogP contribution in [0.2, 0.25) is 0 Å². The number of halogens is 1. The molecule has 4 aliphatic rings. The number of aromatic hydroxyl groups is 1. The number of hydrogen-bond acceptors (Lipinski definition) is 6. The van der Waals surface area contributed by atoms with Gasteiger partial charge in [-0.15, -0.1) is 0 Å². The molecule has 0 radical (unpaired) electrons. The van der Waals surface area contributed by atoms with Crippen LogP contribution in [0.1, 0.15) is 52.0 Å². The predicted octanol–water partition coefficient (Wildman–Crippen LogP) is 4.39. The van der Waals surface area contributed by atoms with Gasteiger partial charge in [0.25, 0.3) is 0 Å². The van der Waals surface area contributed by atoms with Gasteiger partial charge in [-0.1, -0.05) is 27.6 Å². The molecule has 5 rings (SSSR count). The van der Waals surface area contributed by atoms with E-state index in [1.54, 1.807) is 19.1 Å². The molecule has 1 aromatic carbocycles. The number of phenolic OH excluding ortho intramolecular Hbond substituents is 1. The fraction of sp³-hybridized carbons (Fsp3) is 0.429. The van der Waals surface area contributed by atoms with Crippen LogP contribution in [-0.2, 0) is 19.2 Å². The lowest BCUT2D eigenvalue weighted by atomic mass is 9.59. The Hall–Kier alpha value is -3.00. The molecular formula is C28H28BrNO6. The summed E-state index contributed by atoms with van der Waals surface area (Å²) in [6.45, 7) is 7.12. The highest BCUT2D eigenvalue weighted by Gasteiger charge is 2.58. The first-order valence-corrected chi connectivity index (χ1v) is 12.8. The van der Waals surface area contributed by atoms with E-state index in [-0.39, 0.29) is 41.3 Å². The number of likely N-dealkylation sites (tertiary alicyclic amines) is 1. The van der Waals surface area contributed by atoms with Crippen LogP contribution in [0.4, 0.5) is 0 Å². The number of carbonyl (C=O) groups excluding carboxylic acids is 4. The molecule has 4 unspecified atom stereocenters. The Morgan fingerprint density at radius 2 is 1.78 bits per heavy atom. The number of hydrogen-bond donors (Lipinski definition) is 1. The lowest BCUT2D eigenvalue weighted by molar-refractivity contribution is -0.145. The maximum absolute atomic E-state index is 13.7. The second-order valence-corrected chi connectivity index (χ2v) is 11.9. The molecule has 2 amide bonds. The van der Waals surface area contributed by atoms with E-state index in [0.29, 0.717) is 33.2 Å². The predicted molar refractivity (Wildman–Crippen MR) is 135 cm³/mol. The highest BCUT2D eigenvalue weighted by molar-refractivity contribution is 9.10. The van der Waals surface area contributed by atoms with Gasteiger partial charge in [-0.05, 0) is 64.7 Å². The molecule has 8 heteroatoms. The third kappa shape index (κ3) is 3.44. The number of allylic oxidation sites excluding steroid dienone is 6. The summed E-state index contributed by atoms with van der Waals surface area (Å²) in [5.74, 6) is -3.17. The zero-order chi connectivity index (χ0) is 26.3. The monoisotopic (exact) mass is 553 g/mol. The number of nitrogens with zero attached hydrogens (tertiary/aromatic N) is 1. The molecule has 188 valence electrons. The van der Waals surface area contributed by atoms with Crippen molar-refractivity contribution < 1.29 is 29.0 Å². The number of benzene rings is 1. The Morgan fingerprint density at radius 1 is 1.08 bits per heavy atom. The molecule has 3 aliphatic carbocycles. The summed E-state index contributed by atoms with van der Waals surface area (Å²) in [5, 5.41) is 11.1. The molecular weight excluding hydrogens is 526 g/mol. The molecule has 36 heavy (non-hydrogen) atoms. The lowest BCUT2D eigenvalue weighted by Crippen LogP contribution is -2.46. The molecule has 1 aromatic rings. The summed E-state index contributed by atoms with van der Waals surface area (Å²) < 4.78 is 6.00. The molecule has 0 spiro atoms. The molecule has 1 saturated heterocycles. The minimum Gasteiger partial charge on any atom is -0.504 e. The highest BCUT2D eigenvalue weighted by Crippen LogP contribution is 2.57. The van der Waals surface area contributed by atoms with Gasteiger partial charge in [-0.2, -0.15) is 0 Å². The average Bonchev–Trinajstić information content (AvgIpc) is 3.07. The maximum atomic E-state index is 13.7. The Bertz CT molecular complexity index is 1340. The van der Waals surface area contributed by atoms with Gasteiger partial charge < -0.3 is 9.84 Å². The molecule has 1 heterocycles. The molecule has 0 saturated carbocycles. The number of ketones is 2. The van der Waals surface area contributed by atoms with E-state index in [4.69, 9.17) is 4.74 Å². The van der Waals surface area contributed by atoms with Crippen LogP contribution >= 0.6 is 15.9 Å². The maximum Gasteiger partial charge on any atom is 0.234 e. The molecule has 4 atom stereocenters. The fourth-order valence-corrected chi connectivity index (χ4v) is 6.82. The van der Waals surface area contributed by atoms with Gasteiger partial charge in [0, 0.05) is 38.2 Å². The van der Waals surface area contributed by atoms with E-state index >= 15 is 0 Å². The number of phenols is 1. The Balaban J connectivity index is 1.73. The largest absolute Gasteiger partial charge is 0.504 e. The Kier molecular flexibility index (Phi) is 5.67. The molecule has 1 N–H and O–H groups in total. The lowest BCUT2D eigenvalue weighted by Gasteiger charge is -2.42. The van der Waals surface area contributed by atoms with Crippen molar-refractivity contribution in [3.63, 3.8) is 0 Å². The normalized spacial score (nSPS) is 28.0. The zero-order valence-electron chi connectivity index (χ0n) is 20.8. The second kappa shape index (κ2) is 8.26. The first-order chi connectivity index (χ1) is 16.9. The SMILES string of the molecule is COc1cc(Br)cc(C2C3=CCC4C(=O)N(C(C)(C)C)C(=O)C4C3CC3=C2C(=O)C=C(C)C3=O)c1O. The first-order valence-electron chi connectivity index (χ1n) is 12.0. The van der Waals surface area contributed by atoms with Crippen molar-refractivity contribution in [3.8, 4) is 11.5 Å². The minimum atomic E-state index is -0.738. The van der Waals surface area contributed by atoms with E-state index in [9.17, 15) is 24.3 Å². The van der Waals surface area contributed by atoms with Gasteiger partial charge in [0.2, 0.25) is 11.8 Å². The van der Waals surface area contributed by atoms with Crippen LogP contribution in [-0.4, -0.2) is 46.0 Å². The number of imide groups is 1. The average molecular weight is 554 g/mol. The Morgan fingerprint density at radius 3 is 2.42 bits per heavy atom. The molecule has 1 fully saturated rings. The van der Waals surface area contributed by atoms with Crippen LogP contribution < -0.4 is 4.74 Å². The molecule has 0 bridgehead atoms. The number of rotatable bonds is 2. The van der Waals surface area contributed by atoms with Gasteiger partial charge in [0.15, 0.2) is 23.1 Å². The molecule has 7 nitrogen and oxygen atoms in total. The van der Waals surface area contributed by atoms with Crippen LogP contribution in [0.3, 0.4) is 0 Å². The standard InChI is InChI=1S/C28H28BrNO6/c1-12-8-19(31)23-18(24(12)32)11-16-14(21(23)17-9-13(29)10-20(36-5)25(17)33)6-7-15-22(16)27(35)30(26(15)34)28(2,3)4/h6,8-10,15-16,21-22,33H,7,11H2,1-5H3. The van der Waals surface area contributed by atoms with E-state index in [2.05, 4.69) is 15.9 Å². The van der Waals surface area contributed by atoms with Crippen molar-refractivity contribution in [1.82, 2.24) is 4.90 Å². The zero-order valence-corrected chi connectivity index (χ0v) is 22.4. The number of amides is 2. The van der Waals surface area contributed by atoms with Crippen molar-refractivity contribution in [3.05, 3.63) is 56.6 Å². The topological polar surface area (TPSA) is 101 Å². The van der Waals surface area contributed by atoms with E-state index in [1.807, 2.05) is 26.8 Å². The van der Waals surface area contributed by atoms with E-state index in [1.165, 1.54) is 18.1 Å². The quantitative estimate of drug-likeness (QED) is 0.331. The highest BCUT2D eigenvalue weighted by atomic mass is 79.9. The smallest absolute Gasteiger partial charge is 0.234 e. The number of Topliss-reactive ketones (excluding diaryl/α,β-unsaturated/α-hetero) is 1. The van der Waals surface area contributed by atoms with Crippen LogP contribution in [0.15, 0.2) is 51.0 Å². The second-order valence-electron chi connectivity index (χ2n) is 11.0. The van der Waals surface area contributed by atoms with Gasteiger partial charge in [0.05, 0.1) is 18.9 Å². The van der Waals surface area contributed by atoms with Gasteiger partial charge >= 0.3 is 0 Å². The summed E-state index contributed by atoms with van der Waals surface area (Å²) in [4.78, 5) is 55.1. The van der Waals surface area contributed by atoms with Gasteiger partial charge in [-0.25, -0.2) is 0 Å². The van der Waals surface area contributed by atoms with Crippen LogP contribution in [0, 0.1) is 17.8 Å². The van der Waals surface area contributed by atoms with Crippen molar-refractivity contribution in [2.24, 2.45) is 17.8 Å². The number of fused-ring (bicyclic) bond motifs is 3. The van der Waals surface area contributed by atoms with Crippen molar-refractivity contribution >= 4 is 39.3 Å². The minimum absolute atomic E-state index is 0.127. The van der Waals surface area contributed by atoms with Gasteiger partial charge in [-0.3, -0.25) is 24.1 Å². The van der Waals surface area contributed by atoms with Gasteiger partial charge in [0.1, 0.15) is 0 Å².